The van der Waals surface area contributed by atoms with Crippen LogP contribution in [-0.2, 0) is 10.3 Å². The van der Waals surface area contributed by atoms with Crippen LogP contribution in [0, 0.1) is 17.1 Å². The van der Waals surface area contributed by atoms with Gasteiger partial charge in [0, 0.05) is 35.5 Å². The van der Waals surface area contributed by atoms with Crippen LogP contribution >= 0.6 is 0 Å². The molecule has 0 saturated heterocycles. The highest BCUT2D eigenvalue weighted by Gasteiger charge is 2.46. The third-order valence-electron chi connectivity index (χ3n) is 5.73. The van der Waals surface area contributed by atoms with Gasteiger partial charge in [0.25, 0.3) is 11.9 Å². The van der Waals surface area contributed by atoms with Crippen molar-refractivity contribution >= 4 is 17.6 Å². The fourth-order valence-electron chi connectivity index (χ4n) is 4.13. The summed E-state index contributed by atoms with van der Waals surface area (Å²) in [6, 6.07) is 12.8. The van der Waals surface area contributed by atoms with Gasteiger partial charge in [0.1, 0.15) is 28.8 Å². The molecule has 9 nitrogen and oxygen atoms in total. The van der Waals surface area contributed by atoms with Gasteiger partial charge in [-0.1, -0.05) is 0 Å². The fourth-order valence-corrected chi connectivity index (χ4v) is 4.13. The zero-order chi connectivity index (χ0) is 23.9. The number of rotatable bonds is 3. The van der Waals surface area contributed by atoms with Crippen molar-refractivity contribution in [2.75, 3.05) is 19.0 Å². The molecule has 2 aliphatic heterocycles. The largest absolute Gasteiger partial charge is 0.497 e. The second kappa shape index (κ2) is 8.04. The van der Waals surface area contributed by atoms with Crippen LogP contribution in [0.1, 0.15) is 33.6 Å². The number of benzene rings is 2. The normalized spacial score (nSPS) is 17.9. The number of nitrogens with zero attached hydrogens (tertiary/aromatic N) is 3. The summed E-state index contributed by atoms with van der Waals surface area (Å²) < 4.78 is 31.5. The Morgan fingerprint density at radius 1 is 1.26 bits per heavy atom. The molecule has 0 unspecified atom stereocenters. The van der Waals surface area contributed by atoms with E-state index >= 15 is 0 Å². The molecule has 170 valence electrons. The van der Waals surface area contributed by atoms with E-state index in [0.29, 0.717) is 40.3 Å². The van der Waals surface area contributed by atoms with Crippen LogP contribution in [-0.4, -0.2) is 30.6 Å². The first-order valence-electron chi connectivity index (χ1n) is 10.3. The lowest BCUT2D eigenvalue weighted by atomic mass is 9.77. The first kappa shape index (κ1) is 21.2. The van der Waals surface area contributed by atoms with E-state index in [0.717, 1.165) is 0 Å². The minimum absolute atomic E-state index is 0.0327. The van der Waals surface area contributed by atoms with Crippen molar-refractivity contribution in [2.24, 2.45) is 10.7 Å². The number of anilines is 1. The number of fused-ring (bicyclic) bond motifs is 4. The average molecular weight is 459 g/mol. The number of ether oxygens (including phenoxy) is 3. The van der Waals surface area contributed by atoms with Crippen LogP contribution in [0.3, 0.4) is 0 Å². The molecule has 1 aromatic heterocycles. The summed E-state index contributed by atoms with van der Waals surface area (Å²) in [5, 5.41) is 11.7. The lowest BCUT2D eigenvalue weighted by Crippen LogP contribution is -2.38. The van der Waals surface area contributed by atoms with Gasteiger partial charge in [-0.05, 0) is 36.4 Å². The minimum atomic E-state index is -1.10. The van der Waals surface area contributed by atoms with E-state index in [-0.39, 0.29) is 24.1 Å². The highest BCUT2D eigenvalue weighted by Crippen LogP contribution is 2.54. The number of amides is 1. The van der Waals surface area contributed by atoms with Gasteiger partial charge < -0.3 is 25.3 Å². The minimum Gasteiger partial charge on any atom is -0.497 e. The first-order chi connectivity index (χ1) is 16.4. The molecule has 1 amide bonds. The Bertz CT molecular complexity index is 1380. The zero-order valence-electron chi connectivity index (χ0n) is 18.0. The maximum atomic E-state index is 14.9. The number of halogens is 1. The molecule has 1 spiro atoms. The SMILES string of the molecule is COc1cc(F)c2c(c1)[C@]1(CCOC(N)=N1)c1cc(NC(=O)c3ccc(C#N)cn3)ccc1O2. The number of aromatic nitrogens is 1. The summed E-state index contributed by atoms with van der Waals surface area (Å²) in [4.78, 5) is 21.3. The molecule has 3 N–H and O–H groups in total. The molecule has 0 aliphatic carbocycles. The van der Waals surface area contributed by atoms with E-state index < -0.39 is 17.3 Å². The number of nitriles is 1. The van der Waals surface area contributed by atoms with Crippen LogP contribution in [0.5, 0.6) is 17.2 Å². The van der Waals surface area contributed by atoms with Crippen molar-refractivity contribution in [1.82, 2.24) is 4.98 Å². The Hall–Kier alpha value is -4.65. The Labute approximate surface area is 193 Å². The molecular weight excluding hydrogens is 441 g/mol. The number of amidine groups is 1. The summed E-state index contributed by atoms with van der Waals surface area (Å²) in [6.07, 6.45) is 1.68. The second-order valence-electron chi connectivity index (χ2n) is 7.71. The molecule has 10 heteroatoms. The van der Waals surface area contributed by atoms with Crippen molar-refractivity contribution in [1.29, 1.82) is 5.26 Å². The van der Waals surface area contributed by atoms with E-state index in [1.165, 1.54) is 31.5 Å². The molecule has 3 heterocycles. The molecule has 0 saturated carbocycles. The van der Waals surface area contributed by atoms with Gasteiger partial charge in [-0.3, -0.25) is 4.79 Å². The van der Waals surface area contributed by atoms with Crippen LogP contribution in [0.2, 0.25) is 0 Å². The quantitative estimate of drug-likeness (QED) is 0.613. The van der Waals surface area contributed by atoms with E-state index in [1.807, 2.05) is 6.07 Å². The van der Waals surface area contributed by atoms with Crippen molar-refractivity contribution in [2.45, 2.75) is 12.0 Å². The van der Waals surface area contributed by atoms with E-state index in [9.17, 15) is 9.18 Å². The molecular formula is C24H18FN5O4. The Morgan fingerprint density at radius 3 is 2.82 bits per heavy atom. The van der Waals surface area contributed by atoms with Gasteiger partial charge in [-0.15, -0.1) is 0 Å². The Kier molecular flexibility index (Phi) is 5.02. The fraction of sp³-hybridized carbons (Fsp3) is 0.167. The predicted octanol–water partition coefficient (Wildman–Crippen LogP) is 3.44. The number of hydrogen-bond donors (Lipinski definition) is 2. The number of hydrogen-bond acceptors (Lipinski definition) is 8. The number of carbonyl (C=O) groups is 1. The summed E-state index contributed by atoms with van der Waals surface area (Å²) >= 11 is 0. The molecule has 1 atom stereocenters. The average Bonchev–Trinajstić information content (AvgIpc) is 2.85. The van der Waals surface area contributed by atoms with Crippen LogP contribution in [0.15, 0.2) is 53.7 Å². The van der Waals surface area contributed by atoms with Gasteiger partial charge >= 0.3 is 0 Å². The van der Waals surface area contributed by atoms with Crippen molar-refractivity contribution < 1.29 is 23.4 Å². The molecule has 2 aromatic carbocycles. The van der Waals surface area contributed by atoms with E-state index in [2.05, 4.69) is 15.3 Å². The highest BCUT2D eigenvalue weighted by molar-refractivity contribution is 6.03. The lowest BCUT2D eigenvalue weighted by Gasteiger charge is -2.39. The van der Waals surface area contributed by atoms with Gasteiger partial charge in [0.2, 0.25) is 0 Å². The standard InChI is InChI=1S/C24H18FN5O4/c1-32-15-9-17-21(18(25)10-15)34-20-5-3-14(8-16(20)24(17)6-7-33-23(27)30-24)29-22(31)19-4-2-13(11-26)12-28-19/h2-5,8-10,12H,6-7H2,1H3,(H2,27,30)(H,29,31)/t24-/m0/s1. The van der Waals surface area contributed by atoms with Gasteiger partial charge in [-0.2, -0.15) is 5.26 Å². The smallest absolute Gasteiger partial charge is 0.283 e. The van der Waals surface area contributed by atoms with Gasteiger partial charge in [0.15, 0.2) is 11.6 Å². The van der Waals surface area contributed by atoms with Gasteiger partial charge in [0.05, 0.1) is 19.3 Å². The molecule has 34 heavy (non-hydrogen) atoms. The molecule has 0 fully saturated rings. The third kappa shape index (κ3) is 3.44. The molecule has 3 aromatic rings. The Morgan fingerprint density at radius 2 is 2.12 bits per heavy atom. The van der Waals surface area contributed by atoms with Crippen LogP contribution in [0.25, 0.3) is 0 Å². The first-order valence-corrected chi connectivity index (χ1v) is 10.3. The zero-order valence-corrected chi connectivity index (χ0v) is 18.0. The topological polar surface area (TPSA) is 132 Å². The summed E-state index contributed by atoms with van der Waals surface area (Å²) in [7, 11) is 1.44. The lowest BCUT2D eigenvalue weighted by molar-refractivity contribution is 0.102. The van der Waals surface area contributed by atoms with E-state index in [1.54, 1.807) is 24.3 Å². The number of carbonyl (C=O) groups excluding carboxylic acids is 1. The number of pyridine rings is 1. The Balaban J connectivity index is 1.59. The number of methoxy groups -OCH3 is 1. The molecule has 5 rings (SSSR count). The van der Waals surface area contributed by atoms with Crippen molar-refractivity contribution in [3.63, 3.8) is 0 Å². The monoisotopic (exact) mass is 459 g/mol. The predicted molar refractivity (Wildman–Crippen MR) is 119 cm³/mol. The maximum absolute atomic E-state index is 14.9. The highest BCUT2D eigenvalue weighted by atomic mass is 19.1. The third-order valence-corrected chi connectivity index (χ3v) is 5.73. The summed E-state index contributed by atoms with van der Waals surface area (Å²) in [6.45, 7) is 0.249. The molecule has 2 aliphatic rings. The molecule has 0 radical (unpaired) electrons. The second-order valence-corrected chi connectivity index (χ2v) is 7.71. The van der Waals surface area contributed by atoms with Crippen molar-refractivity contribution in [3.05, 3.63) is 76.9 Å². The number of nitrogens with one attached hydrogen (secondary N) is 1. The number of aliphatic imine (C=N–C) groups is 1. The van der Waals surface area contributed by atoms with Crippen molar-refractivity contribution in [3.8, 4) is 23.3 Å². The van der Waals surface area contributed by atoms with E-state index in [4.69, 9.17) is 25.2 Å². The number of nitrogens with two attached hydrogens (primary N) is 1. The summed E-state index contributed by atoms with van der Waals surface area (Å²) in [5.41, 5.74) is 6.82. The van der Waals surface area contributed by atoms with Gasteiger partial charge in [-0.25, -0.2) is 14.4 Å². The van der Waals surface area contributed by atoms with Crippen LogP contribution < -0.4 is 20.5 Å². The van der Waals surface area contributed by atoms with Crippen LogP contribution in [0.4, 0.5) is 10.1 Å². The summed E-state index contributed by atoms with van der Waals surface area (Å²) in [5.74, 6) is -0.337. The molecule has 0 bridgehead atoms. The maximum Gasteiger partial charge on any atom is 0.283 e.